The Hall–Kier alpha value is -1.66. The van der Waals surface area contributed by atoms with E-state index in [0.717, 1.165) is 51.3 Å². The van der Waals surface area contributed by atoms with Crippen LogP contribution in [0.25, 0.3) is 0 Å². The lowest BCUT2D eigenvalue weighted by molar-refractivity contribution is 0.0506. The smallest absolute Gasteiger partial charge is 0.137 e. The van der Waals surface area contributed by atoms with Crippen molar-refractivity contribution in [1.29, 1.82) is 0 Å². The van der Waals surface area contributed by atoms with Crippen LogP contribution in [0.2, 0.25) is 0 Å². The van der Waals surface area contributed by atoms with E-state index in [0.29, 0.717) is 5.92 Å². The van der Waals surface area contributed by atoms with Crippen molar-refractivity contribution >= 4 is 0 Å². The van der Waals surface area contributed by atoms with Crippen LogP contribution in [0.5, 0.6) is 0 Å². The SMILES string of the molecule is Cn1ccnc1[C@@H](O)C1CCN(CCCn2cccn2)CC1. The van der Waals surface area contributed by atoms with Crippen LogP contribution in [0, 0.1) is 5.92 Å². The van der Waals surface area contributed by atoms with E-state index in [1.807, 2.05) is 41.0 Å². The summed E-state index contributed by atoms with van der Waals surface area (Å²) < 4.78 is 3.90. The number of aryl methyl sites for hydroxylation is 2. The first-order chi connectivity index (χ1) is 10.7. The fourth-order valence-corrected chi connectivity index (χ4v) is 3.25. The van der Waals surface area contributed by atoms with Gasteiger partial charge in [0.25, 0.3) is 0 Å². The van der Waals surface area contributed by atoms with Gasteiger partial charge in [-0.15, -0.1) is 0 Å². The maximum Gasteiger partial charge on any atom is 0.137 e. The molecule has 1 N–H and O–H groups in total. The second-order valence-electron chi connectivity index (χ2n) is 6.14. The van der Waals surface area contributed by atoms with Gasteiger partial charge in [0.2, 0.25) is 0 Å². The van der Waals surface area contributed by atoms with E-state index in [9.17, 15) is 5.11 Å². The minimum Gasteiger partial charge on any atom is -0.385 e. The Morgan fingerprint density at radius 2 is 2.05 bits per heavy atom. The van der Waals surface area contributed by atoms with E-state index in [-0.39, 0.29) is 0 Å². The van der Waals surface area contributed by atoms with Crippen LogP contribution >= 0.6 is 0 Å². The first-order valence-electron chi connectivity index (χ1n) is 8.09. The van der Waals surface area contributed by atoms with Crippen LogP contribution in [0.4, 0.5) is 0 Å². The predicted octanol–water partition coefficient (Wildman–Crippen LogP) is 1.45. The fraction of sp³-hybridized carbons (Fsp3) is 0.625. The monoisotopic (exact) mass is 303 g/mol. The Morgan fingerprint density at radius 3 is 2.68 bits per heavy atom. The molecule has 0 spiro atoms. The minimum atomic E-state index is -0.439. The fourth-order valence-electron chi connectivity index (χ4n) is 3.25. The molecule has 2 aromatic heterocycles. The summed E-state index contributed by atoms with van der Waals surface area (Å²) in [5, 5.41) is 14.7. The molecule has 120 valence electrons. The molecule has 0 aromatic carbocycles. The van der Waals surface area contributed by atoms with E-state index in [2.05, 4.69) is 15.0 Å². The summed E-state index contributed by atoms with van der Waals surface area (Å²) in [4.78, 5) is 6.77. The average molecular weight is 303 g/mol. The molecule has 3 heterocycles. The van der Waals surface area contributed by atoms with Gasteiger partial charge in [-0.3, -0.25) is 4.68 Å². The Kier molecular flexibility index (Phi) is 4.90. The van der Waals surface area contributed by atoms with Gasteiger partial charge in [-0.1, -0.05) is 0 Å². The molecule has 3 rings (SSSR count). The zero-order chi connectivity index (χ0) is 15.4. The number of nitrogens with zero attached hydrogens (tertiary/aromatic N) is 5. The Balaban J connectivity index is 1.41. The van der Waals surface area contributed by atoms with Crippen molar-refractivity contribution < 1.29 is 5.11 Å². The number of hydrogen-bond acceptors (Lipinski definition) is 4. The number of likely N-dealkylation sites (tertiary alicyclic amines) is 1. The van der Waals surface area contributed by atoms with Crippen LogP contribution in [-0.4, -0.2) is 49.0 Å². The molecule has 22 heavy (non-hydrogen) atoms. The molecule has 1 saturated heterocycles. The molecule has 1 atom stereocenters. The summed E-state index contributed by atoms with van der Waals surface area (Å²) in [6.07, 6.45) is 10.2. The molecule has 1 fully saturated rings. The van der Waals surface area contributed by atoms with Crippen molar-refractivity contribution in [3.05, 3.63) is 36.7 Å². The van der Waals surface area contributed by atoms with Crippen LogP contribution < -0.4 is 0 Å². The number of piperidine rings is 1. The van der Waals surface area contributed by atoms with Gasteiger partial charge < -0.3 is 14.6 Å². The van der Waals surface area contributed by atoms with Crippen molar-refractivity contribution in [3.8, 4) is 0 Å². The zero-order valence-corrected chi connectivity index (χ0v) is 13.2. The average Bonchev–Trinajstić information content (AvgIpc) is 3.19. The van der Waals surface area contributed by atoms with Gasteiger partial charge in [-0.2, -0.15) is 5.10 Å². The molecule has 0 aliphatic carbocycles. The third kappa shape index (κ3) is 3.56. The highest BCUT2D eigenvalue weighted by Gasteiger charge is 2.28. The van der Waals surface area contributed by atoms with Crippen molar-refractivity contribution in [2.75, 3.05) is 19.6 Å². The summed E-state index contributed by atoms with van der Waals surface area (Å²) in [6.45, 7) is 4.20. The maximum absolute atomic E-state index is 10.5. The third-order valence-electron chi connectivity index (χ3n) is 4.62. The second-order valence-corrected chi connectivity index (χ2v) is 6.14. The molecule has 0 saturated carbocycles. The zero-order valence-electron chi connectivity index (χ0n) is 13.2. The second kappa shape index (κ2) is 7.07. The number of aliphatic hydroxyl groups is 1. The van der Waals surface area contributed by atoms with Crippen LogP contribution in [0.1, 0.15) is 31.2 Å². The van der Waals surface area contributed by atoms with Gasteiger partial charge >= 0.3 is 0 Å². The van der Waals surface area contributed by atoms with E-state index < -0.39 is 6.10 Å². The van der Waals surface area contributed by atoms with Gasteiger partial charge in [0, 0.05) is 38.4 Å². The van der Waals surface area contributed by atoms with Gasteiger partial charge in [-0.25, -0.2) is 4.98 Å². The van der Waals surface area contributed by atoms with Crippen molar-refractivity contribution in [2.24, 2.45) is 13.0 Å². The molecule has 1 aliphatic rings. The number of aliphatic hydroxyl groups excluding tert-OH is 1. The molecular formula is C16H25N5O. The summed E-state index contributed by atoms with van der Waals surface area (Å²) in [5.41, 5.74) is 0. The van der Waals surface area contributed by atoms with E-state index >= 15 is 0 Å². The van der Waals surface area contributed by atoms with Gasteiger partial charge in [0.05, 0.1) is 0 Å². The predicted molar refractivity (Wildman–Crippen MR) is 84.2 cm³/mol. The lowest BCUT2D eigenvalue weighted by Crippen LogP contribution is -2.37. The molecule has 6 heteroatoms. The lowest BCUT2D eigenvalue weighted by Gasteiger charge is -2.34. The summed E-state index contributed by atoms with van der Waals surface area (Å²) in [6, 6.07) is 1.96. The Morgan fingerprint density at radius 1 is 1.23 bits per heavy atom. The quantitative estimate of drug-likeness (QED) is 0.877. The lowest BCUT2D eigenvalue weighted by atomic mass is 9.90. The molecular weight excluding hydrogens is 278 g/mol. The third-order valence-corrected chi connectivity index (χ3v) is 4.62. The highest BCUT2D eigenvalue weighted by atomic mass is 16.3. The molecule has 0 unspecified atom stereocenters. The van der Waals surface area contributed by atoms with Crippen LogP contribution in [0.15, 0.2) is 30.9 Å². The first kappa shape index (κ1) is 15.2. The highest BCUT2D eigenvalue weighted by molar-refractivity contribution is 4.98. The van der Waals surface area contributed by atoms with E-state index in [1.165, 1.54) is 0 Å². The van der Waals surface area contributed by atoms with Crippen LogP contribution in [0.3, 0.4) is 0 Å². The number of hydrogen-bond donors (Lipinski definition) is 1. The van der Waals surface area contributed by atoms with E-state index in [4.69, 9.17) is 0 Å². The molecule has 1 aliphatic heterocycles. The summed E-state index contributed by atoms with van der Waals surface area (Å²) >= 11 is 0. The Bertz CT molecular complexity index is 557. The van der Waals surface area contributed by atoms with Gasteiger partial charge in [0.15, 0.2) is 0 Å². The topological polar surface area (TPSA) is 59.1 Å². The largest absolute Gasteiger partial charge is 0.385 e. The van der Waals surface area contributed by atoms with Gasteiger partial charge in [-0.05, 0) is 50.9 Å². The Labute approximate surface area is 131 Å². The number of rotatable bonds is 6. The maximum atomic E-state index is 10.5. The van der Waals surface area contributed by atoms with E-state index in [1.54, 1.807) is 6.20 Å². The van der Waals surface area contributed by atoms with Crippen molar-refractivity contribution in [1.82, 2.24) is 24.2 Å². The minimum absolute atomic E-state index is 0.323. The molecule has 6 nitrogen and oxygen atoms in total. The number of imidazole rings is 1. The molecule has 2 aromatic rings. The van der Waals surface area contributed by atoms with Crippen LogP contribution in [-0.2, 0) is 13.6 Å². The summed E-state index contributed by atoms with van der Waals surface area (Å²) in [5.74, 6) is 1.11. The normalized spacial score (nSPS) is 18.6. The molecule has 0 bridgehead atoms. The molecule has 0 radical (unpaired) electrons. The number of aromatic nitrogens is 4. The highest BCUT2D eigenvalue weighted by Crippen LogP contribution is 2.29. The first-order valence-corrected chi connectivity index (χ1v) is 8.09. The standard InChI is InChI=1S/C16H25N5O/c1-19-13-7-17-16(19)15(22)14-4-11-20(12-5-14)8-3-10-21-9-2-6-18-21/h2,6-7,9,13-15,22H,3-5,8,10-12H2,1H3/t15-/m0/s1. The van der Waals surface area contributed by atoms with Crippen molar-refractivity contribution in [3.63, 3.8) is 0 Å². The summed E-state index contributed by atoms with van der Waals surface area (Å²) in [7, 11) is 1.94. The van der Waals surface area contributed by atoms with Crippen molar-refractivity contribution in [2.45, 2.75) is 31.9 Å². The molecule has 0 amide bonds. The van der Waals surface area contributed by atoms with Gasteiger partial charge in [0.1, 0.15) is 11.9 Å².